The molecule has 0 spiro atoms. The van der Waals surface area contributed by atoms with Gasteiger partial charge in [-0.05, 0) is 29.8 Å². The fourth-order valence-electron chi connectivity index (χ4n) is 3.91. The number of fused-ring (bicyclic) bond motifs is 1. The monoisotopic (exact) mass is 458 g/mol. The molecular weight excluding hydrogens is 439 g/mol. The number of nitrogens with zero attached hydrogens (tertiary/aromatic N) is 4. The molecule has 0 unspecified atom stereocenters. The van der Waals surface area contributed by atoms with Crippen LogP contribution in [0.3, 0.4) is 0 Å². The summed E-state index contributed by atoms with van der Waals surface area (Å²) in [5, 5.41) is 5.10. The van der Waals surface area contributed by atoms with Crippen molar-refractivity contribution in [2.45, 2.75) is 6.54 Å². The van der Waals surface area contributed by atoms with Crippen molar-refractivity contribution in [3.8, 4) is 17.2 Å². The van der Waals surface area contributed by atoms with Gasteiger partial charge < -0.3 is 14.4 Å². The van der Waals surface area contributed by atoms with Crippen LogP contribution in [-0.2, 0) is 6.54 Å². The van der Waals surface area contributed by atoms with E-state index in [2.05, 4.69) is 14.9 Å². The van der Waals surface area contributed by atoms with Gasteiger partial charge in [-0.25, -0.2) is 0 Å². The van der Waals surface area contributed by atoms with Crippen molar-refractivity contribution in [2.24, 2.45) is 0 Å². The highest BCUT2D eigenvalue weighted by Gasteiger charge is 2.23. The zero-order valence-electron chi connectivity index (χ0n) is 16.6. The van der Waals surface area contributed by atoms with Crippen LogP contribution in [-0.4, -0.2) is 47.7 Å². The van der Waals surface area contributed by atoms with Gasteiger partial charge in [-0.3, -0.25) is 9.69 Å². The van der Waals surface area contributed by atoms with Gasteiger partial charge >= 0.3 is 0 Å². The Labute approximate surface area is 189 Å². The fourth-order valence-corrected chi connectivity index (χ4v) is 4.45. The predicted molar refractivity (Wildman–Crippen MR) is 120 cm³/mol. The van der Waals surface area contributed by atoms with E-state index >= 15 is 0 Å². The molecule has 1 fully saturated rings. The van der Waals surface area contributed by atoms with Crippen LogP contribution in [0.1, 0.15) is 5.56 Å². The van der Waals surface area contributed by atoms with Crippen LogP contribution in [0, 0.1) is 0 Å². The Hall–Kier alpha value is -2.74. The van der Waals surface area contributed by atoms with Crippen molar-refractivity contribution in [3.63, 3.8) is 0 Å². The van der Waals surface area contributed by atoms with Crippen LogP contribution in [0.15, 0.2) is 53.5 Å². The Kier molecular flexibility index (Phi) is 5.48. The van der Waals surface area contributed by atoms with Crippen molar-refractivity contribution in [1.29, 1.82) is 0 Å². The molecule has 7 nitrogen and oxygen atoms in total. The first-order valence-electron chi connectivity index (χ1n) is 9.99. The lowest BCUT2D eigenvalue weighted by molar-refractivity contribution is 0.174. The summed E-state index contributed by atoms with van der Waals surface area (Å²) in [4.78, 5) is 17.2. The van der Waals surface area contributed by atoms with E-state index < -0.39 is 0 Å². The SMILES string of the molecule is O=c1c(Cl)c(N2CCN(Cc3cc(Cl)c4c(c3)OCO4)CC2)cnn1-c1ccccc1. The minimum absolute atomic E-state index is 0.190. The molecule has 0 saturated carbocycles. The van der Waals surface area contributed by atoms with E-state index in [9.17, 15) is 4.79 Å². The molecule has 9 heteroatoms. The maximum Gasteiger partial charge on any atom is 0.292 e. The first-order valence-corrected chi connectivity index (χ1v) is 10.7. The Morgan fingerprint density at radius 3 is 2.55 bits per heavy atom. The third kappa shape index (κ3) is 3.96. The van der Waals surface area contributed by atoms with Gasteiger partial charge in [-0.15, -0.1) is 0 Å². The molecule has 0 atom stereocenters. The van der Waals surface area contributed by atoms with Gasteiger partial charge in [-0.1, -0.05) is 41.4 Å². The summed E-state index contributed by atoms with van der Waals surface area (Å²) in [6.07, 6.45) is 1.67. The molecule has 31 heavy (non-hydrogen) atoms. The van der Waals surface area contributed by atoms with Crippen molar-refractivity contribution >= 4 is 28.9 Å². The third-order valence-corrected chi connectivity index (χ3v) is 6.14. The van der Waals surface area contributed by atoms with Crippen LogP contribution in [0.5, 0.6) is 11.5 Å². The highest BCUT2D eigenvalue weighted by atomic mass is 35.5. The molecule has 2 aliphatic heterocycles. The number of halogens is 2. The second-order valence-corrected chi connectivity index (χ2v) is 8.26. The van der Waals surface area contributed by atoms with E-state index in [4.69, 9.17) is 32.7 Å². The van der Waals surface area contributed by atoms with E-state index in [1.54, 1.807) is 6.20 Å². The topological polar surface area (TPSA) is 59.8 Å². The van der Waals surface area contributed by atoms with Gasteiger partial charge in [0.25, 0.3) is 5.56 Å². The first kappa shape index (κ1) is 20.2. The molecule has 5 rings (SSSR count). The van der Waals surface area contributed by atoms with Crippen molar-refractivity contribution < 1.29 is 9.47 Å². The molecule has 160 valence electrons. The van der Waals surface area contributed by atoms with Gasteiger partial charge in [0, 0.05) is 32.7 Å². The number of hydrogen-bond donors (Lipinski definition) is 0. The number of para-hydroxylation sites is 1. The normalized spacial score (nSPS) is 16.0. The second-order valence-electron chi connectivity index (χ2n) is 7.47. The zero-order chi connectivity index (χ0) is 21.4. The van der Waals surface area contributed by atoms with Crippen molar-refractivity contribution in [3.05, 3.63) is 74.6 Å². The molecule has 2 aliphatic rings. The van der Waals surface area contributed by atoms with Crippen molar-refractivity contribution in [2.75, 3.05) is 37.9 Å². The molecule has 0 amide bonds. The van der Waals surface area contributed by atoms with Gasteiger partial charge in [0.05, 0.1) is 22.6 Å². The van der Waals surface area contributed by atoms with Crippen LogP contribution in [0.4, 0.5) is 5.69 Å². The maximum absolute atomic E-state index is 12.8. The van der Waals surface area contributed by atoms with E-state index in [1.165, 1.54) is 4.68 Å². The Morgan fingerprint density at radius 1 is 1.00 bits per heavy atom. The lowest BCUT2D eigenvalue weighted by Gasteiger charge is -2.36. The number of ether oxygens (including phenoxy) is 2. The van der Waals surface area contributed by atoms with E-state index in [0.29, 0.717) is 27.9 Å². The Bertz CT molecular complexity index is 1160. The number of piperazine rings is 1. The second kappa shape index (κ2) is 8.42. The molecule has 0 bridgehead atoms. The minimum Gasteiger partial charge on any atom is -0.454 e. The van der Waals surface area contributed by atoms with Gasteiger partial charge in [0.1, 0.15) is 5.02 Å². The minimum atomic E-state index is -0.317. The maximum atomic E-state index is 12.8. The summed E-state index contributed by atoms with van der Waals surface area (Å²) in [5.41, 5.74) is 2.12. The van der Waals surface area contributed by atoms with Gasteiger partial charge in [-0.2, -0.15) is 9.78 Å². The highest BCUT2D eigenvalue weighted by Crippen LogP contribution is 2.40. The zero-order valence-corrected chi connectivity index (χ0v) is 18.1. The lowest BCUT2D eigenvalue weighted by Crippen LogP contribution is -2.46. The van der Waals surface area contributed by atoms with Gasteiger partial charge in [0.15, 0.2) is 11.5 Å². The molecule has 3 aromatic rings. The van der Waals surface area contributed by atoms with Crippen LogP contribution < -0.4 is 19.9 Å². The number of benzene rings is 2. The number of hydrogen-bond acceptors (Lipinski definition) is 6. The summed E-state index contributed by atoms with van der Waals surface area (Å²) >= 11 is 12.8. The van der Waals surface area contributed by atoms with Crippen molar-refractivity contribution in [1.82, 2.24) is 14.7 Å². The number of aromatic nitrogens is 2. The lowest BCUT2D eigenvalue weighted by atomic mass is 10.1. The summed E-state index contributed by atoms with van der Waals surface area (Å²) in [5.74, 6) is 1.31. The molecule has 1 aromatic heterocycles. The summed E-state index contributed by atoms with van der Waals surface area (Å²) in [6.45, 7) is 4.10. The highest BCUT2D eigenvalue weighted by molar-refractivity contribution is 6.33. The molecule has 3 heterocycles. The number of rotatable bonds is 4. The molecule has 0 aliphatic carbocycles. The molecular formula is C22H20Cl2N4O3. The molecule has 0 radical (unpaired) electrons. The largest absolute Gasteiger partial charge is 0.454 e. The third-order valence-electron chi connectivity index (χ3n) is 5.51. The van der Waals surface area contributed by atoms with E-state index in [1.807, 2.05) is 42.5 Å². The van der Waals surface area contributed by atoms with E-state index in [-0.39, 0.29) is 17.4 Å². The van der Waals surface area contributed by atoms with Crippen LogP contribution >= 0.6 is 23.2 Å². The average molecular weight is 459 g/mol. The molecule has 1 saturated heterocycles. The van der Waals surface area contributed by atoms with E-state index in [0.717, 1.165) is 38.3 Å². The summed E-state index contributed by atoms with van der Waals surface area (Å²) in [7, 11) is 0. The predicted octanol–water partition coefficient (Wildman–Crippen LogP) is 3.59. The molecule has 0 N–H and O–H groups in total. The quantitative estimate of drug-likeness (QED) is 0.595. The number of anilines is 1. The summed E-state index contributed by atoms with van der Waals surface area (Å²) < 4.78 is 12.2. The van der Waals surface area contributed by atoms with Crippen LogP contribution in [0.25, 0.3) is 5.69 Å². The molecule has 2 aromatic carbocycles. The fraction of sp³-hybridized carbons (Fsp3) is 0.273. The Morgan fingerprint density at radius 2 is 1.77 bits per heavy atom. The first-order chi connectivity index (χ1) is 15.1. The standard InChI is InChI=1S/C22H20Cl2N4O3/c23-17-10-15(11-19-21(17)31-14-30-19)13-26-6-8-27(9-7-26)18-12-25-28(22(29)20(18)24)16-4-2-1-3-5-16/h1-5,10-12H,6-9,13-14H2. The smallest absolute Gasteiger partial charge is 0.292 e. The van der Waals surface area contributed by atoms with Crippen LogP contribution in [0.2, 0.25) is 10.0 Å². The summed E-state index contributed by atoms with van der Waals surface area (Å²) in [6, 6.07) is 13.2. The van der Waals surface area contributed by atoms with Gasteiger partial charge in [0.2, 0.25) is 6.79 Å². The Balaban J connectivity index is 1.27. The average Bonchev–Trinajstić information content (AvgIpc) is 3.26.